The Bertz CT molecular complexity index is 196. The maximum absolute atomic E-state index is 9.00. The molecule has 1 rings (SSSR count). The molecule has 2 unspecified atom stereocenters. The van der Waals surface area contributed by atoms with Crippen LogP contribution in [0.15, 0.2) is 17.1 Å². The Morgan fingerprint density at radius 1 is 1.54 bits per heavy atom. The van der Waals surface area contributed by atoms with Crippen molar-refractivity contribution in [2.24, 2.45) is 10.9 Å². The highest BCUT2D eigenvalue weighted by atomic mass is 16.3. The first-order valence-corrected chi connectivity index (χ1v) is 5.09. The van der Waals surface area contributed by atoms with Crippen molar-refractivity contribution in [2.75, 3.05) is 6.61 Å². The summed E-state index contributed by atoms with van der Waals surface area (Å²) in [5, 5.41) is 9.00. The van der Waals surface area contributed by atoms with E-state index < -0.39 is 0 Å². The molecule has 0 spiro atoms. The van der Waals surface area contributed by atoms with Crippen molar-refractivity contribution in [2.45, 2.75) is 38.6 Å². The van der Waals surface area contributed by atoms with E-state index >= 15 is 0 Å². The number of allylic oxidation sites excluding steroid dienone is 1. The standard InChI is InChI=1S/C11H19NO/c1-3-5-10(2)11(7-9-13)6-4-8-12-11/h4,6,8,10,13H,3,5,7,9H2,1-2H3. The summed E-state index contributed by atoms with van der Waals surface area (Å²) in [6, 6.07) is 0. The first-order chi connectivity index (χ1) is 6.25. The van der Waals surface area contributed by atoms with Gasteiger partial charge in [0.25, 0.3) is 0 Å². The van der Waals surface area contributed by atoms with Gasteiger partial charge in [0.05, 0.1) is 5.54 Å². The number of aliphatic hydroxyl groups is 1. The second-order valence-electron chi connectivity index (χ2n) is 3.79. The van der Waals surface area contributed by atoms with Gasteiger partial charge >= 0.3 is 0 Å². The third-order valence-corrected chi connectivity index (χ3v) is 2.87. The summed E-state index contributed by atoms with van der Waals surface area (Å²) in [4.78, 5) is 4.48. The smallest absolute Gasteiger partial charge is 0.0838 e. The van der Waals surface area contributed by atoms with Crippen LogP contribution in [0.4, 0.5) is 0 Å². The molecule has 1 N–H and O–H groups in total. The minimum absolute atomic E-state index is 0.106. The van der Waals surface area contributed by atoms with Crippen LogP contribution in [-0.2, 0) is 0 Å². The number of nitrogens with zero attached hydrogens (tertiary/aromatic N) is 1. The molecule has 1 aliphatic heterocycles. The van der Waals surface area contributed by atoms with Crippen LogP contribution in [-0.4, -0.2) is 23.5 Å². The number of rotatable bonds is 5. The normalized spacial score (nSPS) is 28.2. The molecular weight excluding hydrogens is 162 g/mol. The largest absolute Gasteiger partial charge is 0.396 e. The Hall–Kier alpha value is -0.630. The maximum Gasteiger partial charge on any atom is 0.0838 e. The topological polar surface area (TPSA) is 32.6 Å². The van der Waals surface area contributed by atoms with Crippen LogP contribution in [0.3, 0.4) is 0 Å². The van der Waals surface area contributed by atoms with Crippen LogP contribution in [0.5, 0.6) is 0 Å². The lowest BCUT2D eigenvalue weighted by molar-refractivity contribution is 0.223. The van der Waals surface area contributed by atoms with Crippen molar-refractivity contribution in [3.8, 4) is 0 Å². The summed E-state index contributed by atoms with van der Waals surface area (Å²) in [5.74, 6) is 0.527. The van der Waals surface area contributed by atoms with Crippen molar-refractivity contribution < 1.29 is 5.11 Å². The minimum Gasteiger partial charge on any atom is -0.396 e. The van der Waals surface area contributed by atoms with Gasteiger partial charge in [-0.05, 0) is 24.8 Å². The fourth-order valence-electron chi connectivity index (χ4n) is 1.98. The maximum atomic E-state index is 9.00. The number of aliphatic hydroxyl groups excluding tert-OH is 1. The first-order valence-electron chi connectivity index (χ1n) is 5.09. The summed E-state index contributed by atoms with van der Waals surface area (Å²) < 4.78 is 0. The van der Waals surface area contributed by atoms with E-state index in [9.17, 15) is 0 Å². The SMILES string of the molecule is CCCC(C)C1(CCO)C=CC=N1. The molecule has 0 saturated carbocycles. The highest BCUT2D eigenvalue weighted by molar-refractivity contribution is 5.75. The molecule has 0 saturated heterocycles. The van der Waals surface area contributed by atoms with Gasteiger partial charge in [0.2, 0.25) is 0 Å². The van der Waals surface area contributed by atoms with Crippen molar-refractivity contribution >= 4 is 6.21 Å². The zero-order valence-corrected chi connectivity index (χ0v) is 8.53. The fraction of sp³-hybridized carbons (Fsp3) is 0.727. The summed E-state index contributed by atoms with van der Waals surface area (Å²) >= 11 is 0. The third kappa shape index (κ3) is 2.19. The van der Waals surface area contributed by atoms with Gasteiger partial charge in [-0.25, -0.2) is 0 Å². The molecular formula is C11H19NO. The molecule has 0 aromatic heterocycles. The van der Waals surface area contributed by atoms with Gasteiger partial charge in [0.15, 0.2) is 0 Å². The van der Waals surface area contributed by atoms with Crippen LogP contribution < -0.4 is 0 Å². The Morgan fingerprint density at radius 2 is 2.31 bits per heavy atom. The summed E-state index contributed by atoms with van der Waals surface area (Å²) in [6.07, 6.45) is 9.06. The van der Waals surface area contributed by atoms with Crippen molar-refractivity contribution in [3.63, 3.8) is 0 Å². The lowest BCUT2D eigenvalue weighted by atomic mass is 9.81. The zero-order valence-electron chi connectivity index (χ0n) is 8.53. The number of aliphatic imine (C=N–C) groups is 1. The molecule has 0 radical (unpaired) electrons. The third-order valence-electron chi connectivity index (χ3n) is 2.87. The van der Waals surface area contributed by atoms with Crippen molar-refractivity contribution in [1.82, 2.24) is 0 Å². The van der Waals surface area contributed by atoms with E-state index in [1.54, 1.807) is 0 Å². The van der Waals surface area contributed by atoms with Gasteiger partial charge in [-0.3, -0.25) is 4.99 Å². The predicted octanol–water partition coefficient (Wildman–Crippen LogP) is 2.18. The van der Waals surface area contributed by atoms with Crippen LogP contribution in [0.1, 0.15) is 33.1 Å². The molecule has 0 aromatic carbocycles. The molecule has 74 valence electrons. The molecule has 0 bridgehead atoms. The highest BCUT2D eigenvalue weighted by Crippen LogP contribution is 2.32. The summed E-state index contributed by atoms with van der Waals surface area (Å²) in [7, 11) is 0. The van der Waals surface area contributed by atoms with Crippen LogP contribution in [0, 0.1) is 5.92 Å². The van der Waals surface area contributed by atoms with Gasteiger partial charge in [0.1, 0.15) is 0 Å². The first kappa shape index (κ1) is 10.5. The van der Waals surface area contributed by atoms with E-state index in [-0.39, 0.29) is 12.1 Å². The van der Waals surface area contributed by atoms with E-state index in [1.807, 2.05) is 12.3 Å². The van der Waals surface area contributed by atoms with Crippen molar-refractivity contribution in [1.29, 1.82) is 0 Å². The van der Waals surface area contributed by atoms with Crippen LogP contribution in [0.25, 0.3) is 0 Å². The van der Waals surface area contributed by atoms with Gasteiger partial charge in [-0.2, -0.15) is 0 Å². The average Bonchev–Trinajstić information content (AvgIpc) is 2.55. The second-order valence-corrected chi connectivity index (χ2v) is 3.79. The van der Waals surface area contributed by atoms with Crippen LogP contribution >= 0.6 is 0 Å². The Labute approximate surface area is 80.4 Å². The highest BCUT2D eigenvalue weighted by Gasteiger charge is 2.32. The van der Waals surface area contributed by atoms with Gasteiger partial charge in [0, 0.05) is 12.8 Å². The molecule has 2 nitrogen and oxygen atoms in total. The molecule has 0 fully saturated rings. The zero-order chi connectivity index (χ0) is 9.73. The molecule has 13 heavy (non-hydrogen) atoms. The van der Waals surface area contributed by atoms with Crippen LogP contribution in [0.2, 0.25) is 0 Å². The average molecular weight is 181 g/mol. The van der Waals surface area contributed by atoms with E-state index in [4.69, 9.17) is 5.11 Å². The Balaban J connectivity index is 2.67. The predicted molar refractivity (Wildman–Crippen MR) is 56.1 cm³/mol. The molecule has 2 heteroatoms. The van der Waals surface area contributed by atoms with Crippen molar-refractivity contribution in [3.05, 3.63) is 12.2 Å². The Morgan fingerprint density at radius 3 is 2.77 bits per heavy atom. The quantitative estimate of drug-likeness (QED) is 0.692. The summed E-state index contributed by atoms with van der Waals surface area (Å²) in [6.45, 7) is 4.62. The second kappa shape index (κ2) is 4.56. The molecule has 2 atom stereocenters. The molecule has 0 aromatic rings. The number of hydrogen-bond acceptors (Lipinski definition) is 2. The fourth-order valence-corrected chi connectivity index (χ4v) is 1.98. The lowest BCUT2D eigenvalue weighted by Crippen LogP contribution is -2.32. The molecule has 1 heterocycles. The van der Waals surface area contributed by atoms with E-state index in [2.05, 4.69) is 24.9 Å². The lowest BCUT2D eigenvalue weighted by Gasteiger charge is -2.30. The number of hydrogen-bond donors (Lipinski definition) is 1. The van der Waals surface area contributed by atoms with Gasteiger partial charge in [-0.1, -0.05) is 26.3 Å². The Kier molecular flexibility index (Phi) is 3.67. The minimum atomic E-state index is -0.106. The molecule has 1 aliphatic rings. The van der Waals surface area contributed by atoms with E-state index in [0.717, 1.165) is 6.42 Å². The van der Waals surface area contributed by atoms with E-state index in [1.165, 1.54) is 12.8 Å². The van der Waals surface area contributed by atoms with Gasteiger partial charge < -0.3 is 5.11 Å². The molecule has 0 amide bonds. The van der Waals surface area contributed by atoms with E-state index in [0.29, 0.717) is 5.92 Å². The van der Waals surface area contributed by atoms with Gasteiger partial charge in [-0.15, -0.1) is 0 Å². The molecule has 0 aliphatic carbocycles. The summed E-state index contributed by atoms with van der Waals surface area (Å²) in [5.41, 5.74) is -0.106. The monoisotopic (exact) mass is 181 g/mol.